The summed E-state index contributed by atoms with van der Waals surface area (Å²) in [7, 11) is 0. The van der Waals surface area contributed by atoms with Crippen LogP contribution in [0.3, 0.4) is 0 Å². The van der Waals surface area contributed by atoms with E-state index in [1.165, 1.54) is 23.0 Å². The molecule has 1 heterocycles. The number of nitrogens with zero attached hydrogens (tertiary/aromatic N) is 4. The van der Waals surface area contributed by atoms with Crippen LogP contribution in [0.4, 0.5) is 5.69 Å². The summed E-state index contributed by atoms with van der Waals surface area (Å²) >= 11 is 5.23. The van der Waals surface area contributed by atoms with E-state index >= 15 is 0 Å². The zero-order chi connectivity index (χ0) is 20.8. The Bertz CT molecular complexity index is 1090. The Labute approximate surface area is 171 Å². The molecule has 0 fully saturated rings. The van der Waals surface area contributed by atoms with Crippen molar-refractivity contribution >= 4 is 24.1 Å². The number of phenols is 1. The predicted octanol–water partition coefficient (Wildman–Crippen LogP) is 3.62. The molecule has 3 aromatic rings. The van der Waals surface area contributed by atoms with Gasteiger partial charge in [0.15, 0.2) is 11.6 Å². The van der Waals surface area contributed by atoms with Gasteiger partial charge in [-0.3, -0.25) is 15.2 Å². The molecule has 10 heteroatoms. The van der Waals surface area contributed by atoms with Gasteiger partial charge in [0.05, 0.1) is 17.7 Å². The molecule has 0 unspecified atom stereocenters. The number of phenolic OH excluding ortho intramolecular Hbond substituents is 1. The zero-order valence-electron chi connectivity index (χ0n) is 15.6. The average Bonchev–Trinajstić information content (AvgIpc) is 3.07. The van der Waals surface area contributed by atoms with Crippen LogP contribution in [0.25, 0.3) is 0 Å². The molecule has 0 radical (unpaired) electrons. The SMILES string of the molecule is CCOc1cc(/C=N\n2c(CCc3ccccc3)n[nH]c2=S)cc([N+](=O)[O-])c1O. The minimum atomic E-state index is -0.677. The minimum absolute atomic E-state index is 0.0169. The summed E-state index contributed by atoms with van der Waals surface area (Å²) < 4.78 is 7.06. The van der Waals surface area contributed by atoms with Crippen LogP contribution in [0.5, 0.6) is 11.5 Å². The molecule has 2 N–H and O–H groups in total. The van der Waals surface area contributed by atoms with E-state index in [0.29, 0.717) is 22.6 Å². The standard InChI is InChI=1S/C19H19N5O4S/c1-2-28-16-11-14(10-15(18(16)25)24(26)27)12-20-23-17(21-22-19(23)29)9-8-13-6-4-3-5-7-13/h3-7,10-12,25H,2,8-9H2,1H3,(H,22,29)/b20-12-. The van der Waals surface area contributed by atoms with Crippen LogP contribution in [0, 0.1) is 14.9 Å². The van der Waals surface area contributed by atoms with Crippen LogP contribution >= 0.6 is 12.2 Å². The zero-order valence-corrected chi connectivity index (χ0v) is 16.4. The fourth-order valence-corrected chi connectivity index (χ4v) is 2.92. The Hall–Kier alpha value is -3.53. The normalized spacial score (nSPS) is 11.1. The molecular weight excluding hydrogens is 394 g/mol. The van der Waals surface area contributed by atoms with Crippen molar-refractivity contribution in [2.45, 2.75) is 19.8 Å². The first-order chi connectivity index (χ1) is 14.0. The third kappa shape index (κ3) is 4.85. The predicted molar refractivity (Wildman–Crippen MR) is 110 cm³/mol. The smallest absolute Gasteiger partial charge is 0.315 e. The number of aromatic hydroxyl groups is 1. The quantitative estimate of drug-likeness (QED) is 0.252. The summed E-state index contributed by atoms with van der Waals surface area (Å²) in [6.45, 7) is 1.97. The van der Waals surface area contributed by atoms with Gasteiger partial charge < -0.3 is 9.84 Å². The average molecular weight is 413 g/mol. The van der Waals surface area contributed by atoms with Gasteiger partial charge >= 0.3 is 5.69 Å². The molecule has 0 amide bonds. The molecule has 0 bridgehead atoms. The van der Waals surface area contributed by atoms with Crippen LogP contribution in [-0.4, -0.2) is 37.7 Å². The number of nitrogens with one attached hydrogen (secondary N) is 1. The van der Waals surface area contributed by atoms with Gasteiger partial charge in [-0.15, -0.1) is 0 Å². The number of aryl methyl sites for hydroxylation is 2. The molecule has 9 nitrogen and oxygen atoms in total. The lowest BCUT2D eigenvalue weighted by Crippen LogP contribution is -2.02. The second-order valence-electron chi connectivity index (χ2n) is 6.06. The maximum atomic E-state index is 11.2. The second kappa shape index (κ2) is 9.11. The topological polar surface area (TPSA) is 119 Å². The van der Waals surface area contributed by atoms with E-state index in [2.05, 4.69) is 15.3 Å². The van der Waals surface area contributed by atoms with E-state index in [4.69, 9.17) is 17.0 Å². The van der Waals surface area contributed by atoms with Crippen molar-refractivity contribution in [1.82, 2.24) is 14.9 Å². The van der Waals surface area contributed by atoms with Crippen LogP contribution in [-0.2, 0) is 12.8 Å². The third-order valence-corrected chi connectivity index (χ3v) is 4.36. The van der Waals surface area contributed by atoms with E-state index in [-0.39, 0.29) is 12.4 Å². The molecule has 29 heavy (non-hydrogen) atoms. The van der Waals surface area contributed by atoms with E-state index < -0.39 is 16.4 Å². The Balaban J connectivity index is 1.87. The number of nitro benzene ring substituents is 1. The van der Waals surface area contributed by atoms with Gasteiger partial charge in [0, 0.05) is 18.1 Å². The summed E-state index contributed by atoms with van der Waals surface area (Å²) in [6.07, 6.45) is 2.77. The van der Waals surface area contributed by atoms with Crippen LogP contribution in [0.15, 0.2) is 47.6 Å². The van der Waals surface area contributed by atoms with Gasteiger partial charge in [-0.1, -0.05) is 30.3 Å². The van der Waals surface area contributed by atoms with Gasteiger partial charge in [0.2, 0.25) is 10.5 Å². The number of rotatable bonds is 8. The number of aromatic amines is 1. The molecule has 0 saturated heterocycles. The highest BCUT2D eigenvalue weighted by atomic mass is 32.1. The van der Waals surface area contributed by atoms with Crippen molar-refractivity contribution < 1.29 is 14.8 Å². The maximum absolute atomic E-state index is 11.2. The molecule has 3 rings (SSSR count). The maximum Gasteiger partial charge on any atom is 0.315 e. The number of hydrogen-bond donors (Lipinski definition) is 2. The Kier molecular flexibility index (Phi) is 6.35. The molecule has 0 spiro atoms. The monoisotopic (exact) mass is 413 g/mol. The van der Waals surface area contributed by atoms with Crippen molar-refractivity contribution in [1.29, 1.82) is 0 Å². The van der Waals surface area contributed by atoms with Crippen molar-refractivity contribution in [2.24, 2.45) is 5.10 Å². The van der Waals surface area contributed by atoms with Gasteiger partial charge in [0.1, 0.15) is 0 Å². The second-order valence-corrected chi connectivity index (χ2v) is 6.45. The highest BCUT2D eigenvalue weighted by Gasteiger charge is 2.19. The first-order valence-electron chi connectivity index (χ1n) is 8.88. The fourth-order valence-electron chi connectivity index (χ4n) is 2.72. The number of hydrogen-bond acceptors (Lipinski definition) is 7. The molecule has 0 atom stereocenters. The summed E-state index contributed by atoms with van der Waals surface area (Å²) in [6, 6.07) is 12.6. The summed E-state index contributed by atoms with van der Waals surface area (Å²) in [5.74, 6) is 0.133. The van der Waals surface area contributed by atoms with E-state index in [1.54, 1.807) is 6.92 Å². The number of aromatic nitrogens is 3. The number of ether oxygens (including phenoxy) is 1. The van der Waals surface area contributed by atoms with Crippen molar-refractivity contribution in [3.05, 3.63) is 74.3 Å². The molecule has 1 aromatic heterocycles. The number of nitro groups is 1. The van der Waals surface area contributed by atoms with Gasteiger partial charge in [-0.25, -0.2) is 0 Å². The molecular formula is C19H19N5O4S. The summed E-state index contributed by atoms with van der Waals surface area (Å²) in [4.78, 5) is 10.5. The Morgan fingerprint density at radius 1 is 1.34 bits per heavy atom. The van der Waals surface area contributed by atoms with E-state index in [9.17, 15) is 15.2 Å². The molecule has 0 saturated carbocycles. The molecule has 2 aromatic carbocycles. The largest absolute Gasteiger partial charge is 0.500 e. The minimum Gasteiger partial charge on any atom is -0.500 e. The first kappa shape index (κ1) is 20.2. The lowest BCUT2D eigenvalue weighted by Gasteiger charge is -2.07. The van der Waals surface area contributed by atoms with Crippen molar-refractivity contribution in [2.75, 3.05) is 6.61 Å². The summed E-state index contributed by atoms with van der Waals surface area (Å²) in [5, 5.41) is 32.4. The van der Waals surface area contributed by atoms with Gasteiger partial charge in [0.25, 0.3) is 0 Å². The third-order valence-electron chi connectivity index (χ3n) is 4.09. The van der Waals surface area contributed by atoms with Crippen LogP contribution in [0.1, 0.15) is 23.9 Å². The highest BCUT2D eigenvalue weighted by Crippen LogP contribution is 2.36. The summed E-state index contributed by atoms with van der Waals surface area (Å²) in [5.41, 5.74) is 1.08. The number of H-pyrrole nitrogens is 1. The van der Waals surface area contributed by atoms with Crippen molar-refractivity contribution in [3.8, 4) is 11.5 Å². The van der Waals surface area contributed by atoms with E-state index in [1.807, 2.05) is 30.3 Å². The lowest BCUT2D eigenvalue weighted by molar-refractivity contribution is -0.386. The van der Waals surface area contributed by atoms with E-state index in [0.717, 1.165) is 12.0 Å². The van der Waals surface area contributed by atoms with Gasteiger partial charge in [-0.2, -0.15) is 14.9 Å². The Morgan fingerprint density at radius 2 is 2.10 bits per heavy atom. The lowest BCUT2D eigenvalue weighted by atomic mass is 10.1. The van der Waals surface area contributed by atoms with Gasteiger partial charge in [-0.05, 0) is 37.2 Å². The van der Waals surface area contributed by atoms with Crippen LogP contribution in [0.2, 0.25) is 0 Å². The molecule has 0 aliphatic carbocycles. The number of benzene rings is 2. The molecule has 0 aliphatic heterocycles. The highest BCUT2D eigenvalue weighted by molar-refractivity contribution is 7.71. The fraction of sp³-hybridized carbons (Fsp3) is 0.211. The van der Waals surface area contributed by atoms with Crippen LogP contribution < -0.4 is 4.74 Å². The first-order valence-corrected chi connectivity index (χ1v) is 9.29. The van der Waals surface area contributed by atoms with Crippen molar-refractivity contribution in [3.63, 3.8) is 0 Å². The molecule has 0 aliphatic rings. The molecule has 150 valence electrons. The Morgan fingerprint density at radius 3 is 2.79 bits per heavy atom.